The van der Waals surface area contributed by atoms with Crippen LogP contribution in [0.15, 0.2) is 103 Å². The molecule has 0 saturated carbocycles. The average molecular weight is 419 g/mol. The fraction of sp³-hybridized carbons (Fsp3) is 0.0385. The van der Waals surface area contributed by atoms with Crippen LogP contribution in [0.25, 0.3) is 22.6 Å². The van der Waals surface area contributed by atoms with E-state index in [1.807, 2.05) is 104 Å². The first-order valence-electron chi connectivity index (χ1n) is 10.3. The molecule has 0 aliphatic rings. The second kappa shape index (κ2) is 8.35. The van der Waals surface area contributed by atoms with Crippen molar-refractivity contribution in [3.05, 3.63) is 115 Å². The highest BCUT2D eigenvalue weighted by Gasteiger charge is 2.20. The van der Waals surface area contributed by atoms with Gasteiger partial charge in [0.1, 0.15) is 11.5 Å². The summed E-state index contributed by atoms with van der Waals surface area (Å²) in [6.45, 7) is 1.90. The Morgan fingerprint density at radius 1 is 0.781 bits per heavy atom. The SMILES string of the molecule is Cc1cc(NC(=O)c2cn(-c3ccccc3)nc2-c2ccccc2)n(-c2ccccc2)n1. The number of amides is 1. The van der Waals surface area contributed by atoms with Crippen LogP contribution in [-0.2, 0) is 0 Å². The first-order valence-corrected chi connectivity index (χ1v) is 10.3. The lowest BCUT2D eigenvalue weighted by Crippen LogP contribution is -2.15. The molecule has 1 amide bonds. The van der Waals surface area contributed by atoms with Gasteiger partial charge in [0, 0.05) is 17.8 Å². The highest BCUT2D eigenvalue weighted by Crippen LogP contribution is 2.25. The lowest BCUT2D eigenvalue weighted by atomic mass is 10.1. The Morgan fingerprint density at radius 3 is 2.03 bits per heavy atom. The van der Waals surface area contributed by atoms with Gasteiger partial charge in [-0.1, -0.05) is 66.7 Å². The third kappa shape index (κ3) is 3.81. The molecule has 32 heavy (non-hydrogen) atoms. The van der Waals surface area contributed by atoms with E-state index in [0.29, 0.717) is 17.1 Å². The molecule has 0 unspecified atom stereocenters. The van der Waals surface area contributed by atoms with Gasteiger partial charge >= 0.3 is 0 Å². The number of nitrogens with one attached hydrogen (secondary N) is 1. The molecule has 0 atom stereocenters. The van der Waals surface area contributed by atoms with Gasteiger partial charge in [0.05, 0.1) is 22.6 Å². The van der Waals surface area contributed by atoms with E-state index >= 15 is 0 Å². The standard InChI is InChI=1S/C26H21N5O/c1-19-17-24(31(28-19)22-15-9-4-10-16-22)27-26(32)23-18-30(21-13-7-3-8-14-21)29-25(23)20-11-5-2-6-12-20/h2-18H,1H3,(H,27,32). The molecular weight excluding hydrogens is 398 g/mol. The first-order chi connectivity index (χ1) is 15.7. The molecule has 0 spiro atoms. The minimum Gasteiger partial charge on any atom is -0.306 e. The number of carbonyl (C=O) groups is 1. The topological polar surface area (TPSA) is 64.7 Å². The van der Waals surface area contributed by atoms with Gasteiger partial charge in [-0.2, -0.15) is 10.2 Å². The first kappa shape index (κ1) is 19.5. The van der Waals surface area contributed by atoms with E-state index in [2.05, 4.69) is 10.4 Å². The van der Waals surface area contributed by atoms with E-state index < -0.39 is 0 Å². The fourth-order valence-electron chi connectivity index (χ4n) is 3.60. The van der Waals surface area contributed by atoms with E-state index in [1.54, 1.807) is 15.6 Å². The van der Waals surface area contributed by atoms with Crippen molar-refractivity contribution in [2.75, 3.05) is 5.32 Å². The molecule has 0 bridgehead atoms. The predicted octanol–water partition coefficient (Wildman–Crippen LogP) is 5.29. The number of anilines is 1. The minimum absolute atomic E-state index is 0.247. The summed E-state index contributed by atoms with van der Waals surface area (Å²) in [5.74, 6) is 0.355. The summed E-state index contributed by atoms with van der Waals surface area (Å²) < 4.78 is 3.47. The molecule has 6 heteroatoms. The Labute approximate surface area is 185 Å². The van der Waals surface area contributed by atoms with Gasteiger partial charge in [0.25, 0.3) is 5.91 Å². The van der Waals surface area contributed by atoms with Gasteiger partial charge in [-0.25, -0.2) is 9.36 Å². The van der Waals surface area contributed by atoms with E-state index in [-0.39, 0.29) is 5.91 Å². The molecule has 6 nitrogen and oxygen atoms in total. The van der Waals surface area contributed by atoms with Gasteiger partial charge in [0.2, 0.25) is 0 Å². The molecule has 0 aliphatic heterocycles. The monoisotopic (exact) mass is 419 g/mol. The van der Waals surface area contributed by atoms with Crippen molar-refractivity contribution in [3.8, 4) is 22.6 Å². The number of benzene rings is 3. The van der Waals surface area contributed by atoms with Gasteiger partial charge in [-0.15, -0.1) is 0 Å². The van der Waals surface area contributed by atoms with Crippen molar-refractivity contribution < 1.29 is 4.79 Å². The molecule has 156 valence electrons. The van der Waals surface area contributed by atoms with Crippen LogP contribution in [0.3, 0.4) is 0 Å². The molecule has 5 rings (SSSR count). The van der Waals surface area contributed by atoms with Crippen molar-refractivity contribution in [1.82, 2.24) is 19.6 Å². The number of hydrogen-bond donors (Lipinski definition) is 1. The molecule has 0 radical (unpaired) electrons. The highest BCUT2D eigenvalue weighted by atomic mass is 16.1. The lowest BCUT2D eigenvalue weighted by Gasteiger charge is -2.09. The quantitative estimate of drug-likeness (QED) is 0.421. The highest BCUT2D eigenvalue weighted by molar-refractivity contribution is 6.07. The molecule has 0 fully saturated rings. The van der Waals surface area contributed by atoms with Crippen LogP contribution >= 0.6 is 0 Å². The van der Waals surface area contributed by atoms with E-state index in [0.717, 1.165) is 22.6 Å². The largest absolute Gasteiger partial charge is 0.306 e. The van der Waals surface area contributed by atoms with E-state index in [9.17, 15) is 4.79 Å². The number of nitrogens with zero attached hydrogens (tertiary/aromatic N) is 4. The molecule has 0 saturated heterocycles. The number of aromatic nitrogens is 4. The molecule has 1 N–H and O–H groups in total. The van der Waals surface area contributed by atoms with Crippen molar-refractivity contribution >= 4 is 11.7 Å². The van der Waals surface area contributed by atoms with E-state index in [4.69, 9.17) is 5.10 Å². The Kier molecular flexibility index (Phi) is 5.09. The van der Waals surface area contributed by atoms with Crippen LogP contribution in [0, 0.1) is 6.92 Å². The smallest absolute Gasteiger partial charge is 0.260 e. The maximum Gasteiger partial charge on any atom is 0.260 e. The van der Waals surface area contributed by atoms with Gasteiger partial charge in [-0.05, 0) is 31.2 Å². The molecule has 5 aromatic rings. The summed E-state index contributed by atoms with van der Waals surface area (Å²) in [5.41, 5.74) is 4.55. The second-order valence-corrected chi connectivity index (χ2v) is 7.41. The zero-order chi connectivity index (χ0) is 21.9. The summed E-state index contributed by atoms with van der Waals surface area (Å²) in [4.78, 5) is 13.4. The zero-order valence-corrected chi connectivity index (χ0v) is 17.5. The molecule has 2 aromatic heterocycles. The third-order valence-corrected chi connectivity index (χ3v) is 5.10. The summed E-state index contributed by atoms with van der Waals surface area (Å²) >= 11 is 0. The number of rotatable bonds is 5. The third-order valence-electron chi connectivity index (χ3n) is 5.10. The van der Waals surface area contributed by atoms with E-state index in [1.165, 1.54) is 0 Å². The number of carbonyl (C=O) groups excluding carboxylic acids is 1. The van der Waals surface area contributed by atoms with Crippen LogP contribution in [-0.4, -0.2) is 25.5 Å². The molecule has 2 heterocycles. The summed E-state index contributed by atoms with van der Waals surface area (Å²) in [7, 11) is 0. The summed E-state index contributed by atoms with van der Waals surface area (Å²) in [6.07, 6.45) is 1.77. The van der Waals surface area contributed by atoms with Crippen molar-refractivity contribution in [2.24, 2.45) is 0 Å². The average Bonchev–Trinajstić information content (AvgIpc) is 3.45. The Morgan fingerprint density at radius 2 is 1.38 bits per heavy atom. The van der Waals surface area contributed by atoms with Crippen LogP contribution in [0.4, 0.5) is 5.82 Å². The maximum absolute atomic E-state index is 13.4. The maximum atomic E-state index is 13.4. The molecule has 3 aromatic carbocycles. The number of para-hydroxylation sites is 2. The van der Waals surface area contributed by atoms with Crippen LogP contribution in [0.2, 0.25) is 0 Å². The molecular formula is C26H21N5O. The zero-order valence-electron chi connectivity index (χ0n) is 17.5. The number of aryl methyl sites for hydroxylation is 1. The molecule has 0 aliphatic carbocycles. The van der Waals surface area contributed by atoms with Gasteiger partial charge in [-0.3, -0.25) is 4.79 Å². The predicted molar refractivity (Wildman–Crippen MR) is 125 cm³/mol. The van der Waals surface area contributed by atoms with Crippen LogP contribution in [0.5, 0.6) is 0 Å². The Bertz CT molecular complexity index is 1360. The lowest BCUT2D eigenvalue weighted by molar-refractivity contribution is 0.102. The van der Waals surface area contributed by atoms with Crippen LogP contribution in [0.1, 0.15) is 16.1 Å². The normalized spacial score (nSPS) is 10.8. The second-order valence-electron chi connectivity index (χ2n) is 7.41. The Hall–Kier alpha value is -4.45. The van der Waals surface area contributed by atoms with Gasteiger partial charge < -0.3 is 5.32 Å². The van der Waals surface area contributed by atoms with Crippen LogP contribution < -0.4 is 5.32 Å². The summed E-state index contributed by atoms with van der Waals surface area (Å²) in [6, 6.07) is 31.1. The van der Waals surface area contributed by atoms with Crippen molar-refractivity contribution in [3.63, 3.8) is 0 Å². The van der Waals surface area contributed by atoms with Gasteiger partial charge in [0.15, 0.2) is 0 Å². The van der Waals surface area contributed by atoms with Crippen molar-refractivity contribution in [1.29, 1.82) is 0 Å². The number of hydrogen-bond acceptors (Lipinski definition) is 3. The minimum atomic E-state index is -0.247. The summed E-state index contributed by atoms with van der Waals surface area (Å²) in [5, 5.41) is 12.3. The van der Waals surface area contributed by atoms with Crippen molar-refractivity contribution in [2.45, 2.75) is 6.92 Å². The Balaban J connectivity index is 1.55. The fourth-order valence-corrected chi connectivity index (χ4v) is 3.60.